The van der Waals surface area contributed by atoms with Crippen molar-refractivity contribution >= 4 is 23.0 Å². The number of carboxylic acid groups (broad SMARTS) is 1. The van der Waals surface area contributed by atoms with E-state index in [1.807, 2.05) is 29.2 Å². The van der Waals surface area contributed by atoms with Gasteiger partial charge in [-0.05, 0) is 30.7 Å². The number of carboxylic acids is 1. The van der Waals surface area contributed by atoms with E-state index in [1.54, 1.807) is 18.2 Å². The largest absolute Gasteiger partial charge is 0.491 e. The molecule has 2 aromatic carbocycles. The molecular formula is C16H16N2O3. The molecule has 0 amide bonds. The lowest BCUT2D eigenvalue weighted by atomic mass is 10.1. The van der Waals surface area contributed by atoms with Crippen LogP contribution in [0.3, 0.4) is 0 Å². The second kappa shape index (κ2) is 5.36. The van der Waals surface area contributed by atoms with Gasteiger partial charge in [0.05, 0.1) is 29.2 Å². The fraction of sp³-hybridized carbons (Fsp3) is 0.188. The van der Waals surface area contributed by atoms with E-state index in [9.17, 15) is 9.90 Å². The highest BCUT2D eigenvalue weighted by Crippen LogP contribution is 2.40. The molecule has 5 nitrogen and oxygen atoms in total. The van der Waals surface area contributed by atoms with Gasteiger partial charge in [-0.1, -0.05) is 18.2 Å². The summed E-state index contributed by atoms with van der Waals surface area (Å²) in [5, 5.41) is 9.43. The van der Waals surface area contributed by atoms with Gasteiger partial charge in [0.1, 0.15) is 5.75 Å². The summed E-state index contributed by atoms with van der Waals surface area (Å²) in [6.45, 7) is 1.26. The van der Waals surface area contributed by atoms with Gasteiger partial charge in [0.15, 0.2) is 0 Å². The second-order valence-electron chi connectivity index (χ2n) is 4.87. The van der Waals surface area contributed by atoms with Crippen LogP contribution < -0.4 is 15.4 Å². The minimum Gasteiger partial charge on any atom is -0.491 e. The number of para-hydroxylation sites is 3. The molecule has 3 N–H and O–H groups in total. The number of fused-ring (bicyclic) bond motifs is 1. The molecule has 0 unspecified atom stereocenters. The van der Waals surface area contributed by atoms with Crippen LogP contribution in [0.15, 0.2) is 42.5 Å². The van der Waals surface area contributed by atoms with Gasteiger partial charge < -0.3 is 20.5 Å². The minimum absolute atomic E-state index is 0.201. The van der Waals surface area contributed by atoms with Crippen molar-refractivity contribution in [2.45, 2.75) is 6.42 Å². The Labute approximate surface area is 122 Å². The van der Waals surface area contributed by atoms with Crippen LogP contribution in [0.4, 0.5) is 17.1 Å². The Kier molecular flexibility index (Phi) is 3.39. The lowest BCUT2D eigenvalue weighted by Gasteiger charge is -2.26. The standard InChI is InChI=1S/C16H16N2O3/c17-12-6-3-5-11(16(19)20)15(12)18-9-4-10-21-14-8-2-1-7-13(14)18/h1-3,5-8H,4,9-10,17H2,(H,19,20). The van der Waals surface area contributed by atoms with Crippen molar-refractivity contribution in [1.29, 1.82) is 0 Å². The number of hydrogen-bond acceptors (Lipinski definition) is 4. The number of rotatable bonds is 2. The molecule has 0 aromatic heterocycles. The van der Waals surface area contributed by atoms with Crippen molar-refractivity contribution in [3.05, 3.63) is 48.0 Å². The molecule has 0 fully saturated rings. The maximum atomic E-state index is 11.5. The van der Waals surface area contributed by atoms with E-state index < -0.39 is 5.97 Å². The van der Waals surface area contributed by atoms with Crippen molar-refractivity contribution in [2.75, 3.05) is 23.8 Å². The topological polar surface area (TPSA) is 75.8 Å². The summed E-state index contributed by atoms with van der Waals surface area (Å²) < 4.78 is 5.71. The van der Waals surface area contributed by atoms with E-state index >= 15 is 0 Å². The molecular weight excluding hydrogens is 268 g/mol. The first kappa shape index (κ1) is 13.3. The number of benzene rings is 2. The Balaban J connectivity index is 2.19. The molecule has 0 atom stereocenters. The summed E-state index contributed by atoms with van der Waals surface area (Å²) in [6, 6.07) is 12.5. The van der Waals surface area contributed by atoms with Gasteiger partial charge in [-0.3, -0.25) is 0 Å². The van der Waals surface area contributed by atoms with Crippen LogP contribution in [0.5, 0.6) is 5.75 Å². The highest BCUT2D eigenvalue weighted by Gasteiger charge is 2.23. The normalized spacial score (nSPS) is 14.0. The van der Waals surface area contributed by atoms with Crippen LogP contribution in [0.1, 0.15) is 16.8 Å². The van der Waals surface area contributed by atoms with E-state index in [0.717, 1.165) is 17.9 Å². The summed E-state index contributed by atoms with van der Waals surface area (Å²) in [4.78, 5) is 13.4. The van der Waals surface area contributed by atoms with Gasteiger partial charge in [0, 0.05) is 6.54 Å². The number of carbonyl (C=O) groups is 1. The Hall–Kier alpha value is -2.69. The molecule has 5 heteroatoms. The Morgan fingerprint density at radius 2 is 2.00 bits per heavy atom. The van der Waals surface area contributed by atoms with Crippen molar-refractivity contribution in [1.82, 2.24) is 0 Å². The number of nitrogens with zero attached hydrogens (tertiary/aromatic N) is 1. The predicted octanol–water partition coefficient (Wildman–Crippen LogP) is 2.89. The van der Waals surface area contributed by atoms with E-state index in [-0.39, 0.29) is 5.56 Å². The zero-order chi connectivity index (χ0) is 14.8. The Morgan fingerprint density at radius 3 is 2.81 bits per heavy atom. The number of hydrogen-bond donors (Lipinski definition) is 2. The highest BCUT2D eigenvalue weighted by molar-refractivity contribution is 5.99. The monoisotopic (exact) mass is 284 g/mol. The number of anilines is 3. The first-order chi connectivity index (χ1) is 10.2. The zero-order valence-corrected chi connectivity index (χ0v) is 11.5. The highest BCUT2D eigenvalue weighted by atomic mass is 16.5. The van der Waals surface area contributed by atoms with Crippen molar-refractivity contribution in [2.24, 2.45) is 0 Å². The molecule has 1 aliphatic heterocycles. The molecule has 0 aliphatic carbocycles. The van der Waals surface area contributed by atoms with Crippen molar-refractivity contribution in [3.8, 4) is 5.75 Å². The van der Waals surface area contributed by atoms with Gasteiger partial charge in [0.2, 0.25) is 0 Å². The van der Waals surface area contributed by atoms with Gasteiger partial charge in [-0.2, -0.15) is 0 Å². The molecule has 1 heterocycles. The third-order valence-corrected chi connectivity index (χ3v) is 3.51. The SMILES string of the molecule is Nc1cccc(C(=O)O)c1N1CCCOc2ccccc21. The maximum Gasteiger partial charge on any atom is 0.337 e. The van der Waals surface area contributed by atoms with Gasteiger partial charge in [-0.15, -0.1) is 0 Å². The summed E-state index contributed by atoms with van der Waals surface area (Å²) in [6.07, 6.45) is 0.794. The van der Waals surface area contributed by atoms with Crippen LogP contribution in [0.2, 0.25) is 0 Å². The van der Waals surface area contributed by atoms with Gasteiger partial charge in [-0.25, -0.2) is 4.79 Å². The van der Waals surface area contributed by atoms with Crippen LogP contribution in [-0.4, -0.2) is 24.2 Å². The number of nitrogen functional groups attached to an aromatic ring is 1. The first-order valence-corrected chi connectivity index (χ1v) is 6.79. The predicted molar refractivity (Wildman–Crippen MR) is 81.4 cm³/mol. The van der Waals surface area contributed by atoms with E-state index in [1.165, 1.54) is 0 Å². The molecule has 108 valence electrons. The van der Waals surface area contributed by atoms with E-state index in [2.05, 4.69) is 0 Å². The number of ether oxygens (including phenoxy) is 1. The summed E-state index contributed by atoms with van der Waals surface area (Å²) in [7, 11) is 0. The van der Waals surface area contributed by atoms with Crippen LogP contribution in [-0.2, 0) is 0 Å². The lowest BCUT2D eigenvalue weighted by Crippen LogP contribution is -2.21. The minimum atomic E-state index is -0.986. The lowest BCUT2D eigenvalue weighted by molar-refractivity contribution is 0.0697. The molecule has 0 saturated carbocycles. The molecule has 21 heavy (non-hydrogen) atoms. The average molecular weight is 284 g/mol. The molecule has 1 aliphatic rings. The average Bonchev–Trinajstić information content (AvgIpc) is 2.69. The van der Waals surface area contributed by atoms with E-state index in [4.69, 9.17) is 10.5 Å². The summed E-state index contributed by atoms with van der Waals surface area (Å²) in [5.74, 6) is -0.241. The summed E-state index contributed by atoms with van der Waals surface area (Å²) >= 11 is 0. The van der Waals surface area contributed by atoms with Crippen molar-refractivity contribution < 1.29 is 14.6 Å². The molecule has 0 bridgehead atoms. The van der Waals surface area contributed by atoms with Crippen LogP contribution in [0.25, 0.3) is 0 Å². The second-order valence-corrected chi connectivity index (χ2v) is 4.87. The number of aromatic carboxylic acids is 1. The fourth-order valence-corrected chi connectivity index (χ4v) is 2.59. The zero-order valence-electron chi connectivity index (χ0n) is 11.5. The van der Waals surface area contributed by atoms with Crippen molar-refractivity contribution in [3.63, 3.8) is 0 Å². The molecule has 0 spiro atoms. The van der Waals surface area contributed by atoms with Gasteiger partial charge >= 0.3 is 5.97 Å². The molecule has 0 radical (unpaired) electrons. The smallest absolute Gasteiger partial charge is 0.337 e. The maximum absolute atomic E-state index is 11.5. The summed E-state index contributed by atoms with van der Waals surface area (Å²) in [5.41, 5.74) is 8.08. The third-order valence-electron chi connectivity index (χ3n) is 3.51. The molecule has 0 saturated heterocycles. The Morgan fingerprint density at radius 1 is 1.19 bits per heavy atom. The quantitative estimate of drug-likeness (QED) is 0.829. The van der Waals surface area contributed by atoms with Gasteiger partial charge in [0.25, 0.3) is 0 Å². The molecule has 2 aromatic rings. The molecule has 3 rings (SSSR count). The fourth-order valence-electron chi connectivity index (χ4n) is 2.59. The third kappa shape index (κ3) is 2.38. The van der Waals surface area contributed by atoms with Crippen LogP contribution in [0, 0.1) is 0 Å². The van der Waals surface area contributed by atoms with E-state index in [0.29, 0.717) is 24.5 Å². The number of nitrogens with two attached hydrogens (primary N) is 1. The first-order valence-electron chi connectivity index (χ1n) is 6.79. The Bertz CT molecular complexity index is 685. The van der Waals surface area contributed by atoms with Crippen LogP contribution >= 0.6 is 0 Å².